The van der Waals surface area contributed by atoms with Gasteiger partial charge in [-0.1, -0.05) is 16.8 Å². The number of ketones is 1. The maximum atomic E-state index is 16.0. The maximum Gasteiger partial charge on any atom is 0.341 e. The van der Waals surface area contributed by atoms with Gasteiger partial charge in [0.2, 0.25) is 11.3 Å². The first-order chi connectivity index (χ1) is 24.0. The van der Waals surface area contributed by atoms with Gasteiger partial charge >= 0.3 is 5.97 Å². The quantitative estimate of drug-likeness (QED) is 0.274. The van der Waals surface area contributed by atoms with Crippen LogP contribution in [0.4, 0.5) is 15.8 Å². The predicted octanol–water partition coefficient (Wildman–Crippen LogP) is 2.94. The van der Waals surface area contributed by atoms with Gasteiger partial charge in [-0.2, -0.15) is 0 Å². The van der Waals surface area contributed by atoms with E-state index in [-0.39, 0.29) is 53.8 Å². The van der Waals surface area contributed by atoms with Crippen molar-refractivity contribution in [3.63, 3.8) is 0 Å². The van der Waals surface area contributed by atoms with E-state index in [0.717, 1.165) is 37.3 Å². The molecule has 2 saturated heterocycles. The van der Waals surface area contributed by atoms with Crippen molar-refractivity contribution >= 4 is 45.8 Å². The molecule has 3 fully saturated rings. The second-order valence-corrected chi connectivity index (χ2v) is 13.6. The molecule has 3 aliphatic heterocycles. The summed E-state index contributed by atoms with van der Waals surface area (Å²) in [4.78, 5) is 69.0. The number of benzene rings is 2. The number of carbonyl (C=O) groups is 4. The minimum Gasteiger partial charge on any atom is -0.492 e. The number of hydrogen-bond donors (Lipinski definition) is 1. The van der Waals surface area contributed by atoms with Crippen LogP contribution in [-0.4, -0.2) is 85.9 Å². The molecule has 1 saturated carbocycles. The molecule has 1 aliphatic carbocycles. The zero-order valence-corrected chi connectivity index (χ0v) is 27.5. The fourth-order valence-corrected chi connectivity index (χ4v) is 7.85. The number of methoxy groups -OCH3 is 1. The van der Waals surface area contributed by atoms with Gasteiger partial charge in [-0.25, -0.2) is 13.9 Å². The highest BCUT2D eigenvalue weighted by Gasteiger charge is 2.43. The molecule has 14 nitrogen and oxygen atoms in total. The Morgan fingerprint density at radius 3 is 2.62 bits per heavy atom. The number of carbonyl (C=O) groups excluding carboxylic acids is 3. The molecule has 0 radical (unpaired) electrons. The average molecular weight is 684 g/mol. The van der Waals surface area contributed by atoms with Gasteiger partial charge in [0.1, 0.15) is 23.5 Å². The monoisotopic (exact) mass is 683 g/mol. The van der Waals surface area contributed by atoms with E-state index in [2.05, 4.69) is 10.3 Å². The van der Waals surface area contributed by atoms with Crippen molar-refractivity contribution < 1.29 is 33.4 Å². The lowest BCUT2D eigenvalue weighted by Crippen LogP contribution is -2.49. The first-order valence-electron chi connectivity index (χ1n) is 16.6. The third-order valence-electron chi connectivity index (χ3n) is 10.3. The summed E-state index contributed by atoms with van der Waals surface area (Å²) in [6.45, 7) is 3.11. The molecule has 50 heavy (non-hydrogen) atoms. The largest absolute Gasteiger partial charge is 0.492 e. The van der Waals surface area contributed by atoms with Crippen LogP contribution >= 0.6 is 0 Å². The molecule has 0 bridgehead atoms. The Morgan fingerprint density at radius 1 is 1.08 bits per heavy atom. The molecule has 4 aliphatic rings. The molecule has 15 heteroatoms. The Balaban J connectivity index is 1.03. The minimum absolute atomic E-state index is 0.0200. The van der Waals surface area contributed by atoms with Gasteiger partial charge in [0, 0.05) is 31.9 Å². The number of aryl methyl sites for hydroxylation is 1. The molecule has 2 amide bonds. The number of anilines is 2. The van der Waals surface area contributed by atoms with Gasteiger partial charge in [0.25, 0.3) is 11.7 Å². The van der Waals surface area contributed by atoms with Crippen LogP contribution in [0, 0.1) is 18.7 Å². The summed E-state index contributed by atoms with van der Waals surface area (Å²) in [6, 6.07) is 6.13. The number of halogens is 1. The SMILES string of the molecule is COc1c(N2C[C@H]3CCCN(C(=O)Cn4cc(CN5C(=O)C(=O)c6cc(C)ccc65)nn4)[C@H]3C2)c(F)cc2c(=O)c(C(=O)O)cn(C3CC3)c12. The molecular formula is C35H34FN7O7. The van der Waals surface area contributed by atoms with Gasteiger partial charge in [-0.3, -0.25) is 24.1 Å². The number of ether oxygens (including phenoxy) is 1. The zero-order valence-electron chi connectivity index (χ0n) is 27.5. The number of amides is 2. The van der Waals surface area contributed by atoms with E-state index in [1.165, 1.54) is 22.9 Å². The van der Waals surface area contributed by atoms with Gasteiger partial charge in [0.15, 0.2) is 11.6 Å². The minimum atomic E-state index is -1.37. The zero-order chi connectivity index (χ0) is 35.0. The first kappa shape index (κ1) is 31.7. The van der Waals surface area contributed by atoms with Crippen molar-refractivity contribution in [3.8, 4) is 5.75 Å². The topological polar surface area (TPSA) is 160 Å². The number of aromatic nitrogens is 4. The third kappa shape index (κ3) is 5.10. The van der Waals surface area contributed by atoms with Gasteiger partial charge in [0.05, 0.1) is 48.0 Å². The van der Waals surface area contributed by atoms with Crippen LogP contribution in [0.2, 0.25) is 0 Å². The lowest BCUT2D eigenvalue weighted by Gasteiger charge is -2.36. The highest BCUT2D eigenvalue weighted by Crippen LogP contribution is 2.45. The number of aromatic carboxylic acids is 1. The maximum absolute atomic E-state index is 16.0. The molecule has 0 spiro atoms. The van der Waals surface area contributed by atoms with E-state index in [4.69, 9.17) is 4.74 Å². The van der Waals surface area contributed by atoms with Crippen LogP contribution in [-0.2, 0) is 22.7 Å². The van der Waals surface area contributed by atoms with Gasteiger partial charge in [-0.05, 0) is 56.7 Å². The van der Waals surface area contributed by atoms with Gasteiger partial charge in [-0.15, -0.1) is 5.10 Å². The number of fused-ring (bicyclic) bond motifs is 3. The third-order valence-corrected chi connectivity index (χ3v) is 10.3. The summed E-state index contributed by atoms with van der Waals surface area (Å²) < 4.78 is 25.0. The van der Waals surface area contributed by atoms with E-state index < -0.39 is 34.5 Å². The molecule has 1 N–H and O–H groups in total. The number of nitrogens with zero attached hydrogens (tertiary/aromatic N) is 7. The number of hydrogen-bond acceptors (Lipinski definition) is 9. The van der Waals surface area contributed by atoms with E-state index in [1.54, 1.807) is 27.8 Å². The molecule has 5 heterocycles. The van der Waals surface area contributed by atoms with Crippen LogP contribution < -0.4 is 20.0 Å². The molecule has 2 atom stereocenters. The Hall–Kier alpha value is -5.60. The summed E-state index contributed by atoms with van der Waals surface area (Å²) in [5.41, 5.74) is 1.54. The highest BCUT2D eigenvalue weighted by molar-refractivity contribution is 6.52. The Bertz CT molecular complexity index is 2190. The highest BCUT2D eigenvalue weighted by atomic mass is 19.1. The lowest BCUT2D eigenvalue weighted by molar-refractivity contribution is -0.136. The van der Waals surface area contributed by atoms with Crippen LogP contribution in [0.15, 0.2) is 41.5 Å². The van der Waals surface area contributed by atoms with Crippen molar-refractivity contribution in [1.29, 1.82) is 0 Å². The summed E-state index contributed by atoms with van der Waals surface area (Å²) >= 11 is 0. The van der Waals surface area contributed by atoms with Crippen LogP contribution in [0.1, 0.15) is 63.7 Å². The smallest absolute Gasteiger partial charge is 0.341 e. The molecule has 0 unspecified atom stereocenters. The molecular weight excluding hydrogens is 649 g/mol. The molecule has 258 valence electrons. The molecule has 4 aromatic rings. The second-order valence-electron chi connectivity index (χ2n) is 13.6. The summed E-state index contributed by atoms with van der Waals surface area (Å²) in [5, 5.41) is 17.9. The standard InChI is InChI=1S/C35H34FN7O7/c1-18-5-8-26-22(10-18)32(46)34(47)43(26)14-20-13-40(38-37-20)17-28(44)41-9-3-4-19-12-39(16-27(19)41)30-25(36)11-23-29(33(30)50-2)42(21-6-7-21)15-24(31(23)45)35(48)49/h5,8,10-11,13,15,19,21,27H,3-4,6-7,9,12,14,16-17H2,1-2H3,(H,48,49)/t19-,27+/m1/s1. The van der Waals surface area contributed by atoms with Crippen molar-refractivity contribution in [2.75, 3.05) is 36.5 Å². The number of carboxylic acid groups (broad SMARTS) is 1. The van der Waals surface area contributed by atoms with Crippen molar-refractivity contribution in [2.24, 2.45) is 5.92 Å². The summed E-state index contributed by atoms with van der Waals surface area (Å²) in [5.74, 6) is -3.22. The number of piperidine rings is 1. The Kier molecular flexibility index (Phi) is 7.45. The lowest BCUT2D eigenvalue weighted by atomic mass is 9.92. The summed E-state index contributed by atoms with van der Waals surface area (Å²) in [7, 11) is 1.41. The number of pyridine rings is 1. The fourth-order valence-electron chi connectivity index (χ4n) is 7.85. The average Bonchev–Trinajstić information content (AvgIpc) is 3.62. The van der Waals surface area contributed by atoms with Crippen LogP contribution in [0.25, 0.3) is 10.9 Å². The molecule has 8 rings (SSSR count). The normalized spacial score (nSPS) is 20.1. The second kappa shape index (κ2) is 11.8. The number of Topliss-reactive ketones (excluding diaryl/α,β-unsaturated/α-hetero) is 1. The van der Waals surface area contributed by atoms with Gasteiger partial charge < -0.3 is 24.2 Å². The number of rotatable bonds is 8. The van der Waals surface area contributed by atoms with Crippen LogP contribution in [0.5, 0.6) is 5.75 Å². The van der Waals surface area contributed by atoms with Crippen molar-refractivity contribution in [1.82, 2.24) is 24.5 Å². The number of likely N-dealkylation sites (tertiary alicyclic amines) is 1. The van der Waals surface area contributed by atoms with Crippen molar-refractivity contribution in [2.45, 2.75) is 57.8 Å². The van der Waals surface area contributed by atoms with E-state index in [0.29, 0.717) is 42.1 Å². The predicted molar refractivity (Wildman–Crippen MR) is 177 cm³/mol. The van der Waals surface area contributed by atoms with Crippen LogP contribution in [0.3, 0.4) is 0 Å². The Morgan fingerprint density at radius 2 is 1.88 bits per heavy atom. The summed E-state index contributed by atoms with van der Waals surface area (Å²) in [6.07, 6.45) is 6.13. The molecule has 2 aromatic heterocycles. The first-order valence-corrected chi connectivity index (χ1v) is 16.6. The van der Waals surface area contributed by atoms with E-state index in [9.17, 15) is 29.1 Å². The Labute approximate surface area is 284 Å². The number of carboxylic acids is 1. The fraction of sp³-hybridized carbons (Fsp3) is 0.400. The van der Waals surface area contributed by atoms with E-state index >= 15 is 4.39 Å². The van der Waals surface area contributed by atoms with E-state index in [1.807, 2.05) is 17.9 Å². The molecule has 2 aromatic carbocycles. The van der Waals surface area contributed by atoms with Crippen molar-refractivity contribution in [3.05, 3.63) is 75.1 Å².